The second kappa shape index (κ2) is 6.33. The lowest BCUT2D eigenvalue weighted by molar-refractivity contribution is 0.100. The summed E-state index contributed by atoms with van der Waals surface area (Å²) in [6.45, 7) is 2.43. The lowest BCUT2D eigenvalue weighted by Crippen LogP contribution is -2.36. The fraction of sp³-hybridized carbons (Fsp3) is 0.500. The van der Waals surface area contributed by atoms with Gasteiger partial charge in [0.1, 0.15) is 0 Å². The zero-order valence-corrected chi connectivity index (χ0v) is 12.3. The van der Waals surface area contributed by atoms with Crippen molar-refractivity contribution >= 4 is 28.9 Å². The number of carbonyl (C=O) groups excluding carboxylic acids is 1. The molecule has 1 amide bonds. The molecule has 0 atom stereocenters. The first-order valence-corrected chi connectivity index (χ1v) is 7.03. The van der Waals surface area contributed by atoms with Crippen LogP contribution in [0.5, 0.6) is 0 Å². The minimum absolute atomic E-state index is 0.389. The minimum atomic E-state index is -0.506. The van der Waals surface area contributed by atoms with Crippen molar-refractivity contribution in [3.05, 3.63) is 22.7 Å². The molecule has 1 aliphatic rings. The van der Waals surface area contributed by atoms with Gasteiger partial charge in [-0.25, -0.2) is 0 Å². The number of carbonyl (C=O) groups is 1. The molecule has 20 heavy (non-hydrogen) atoms. The highest BCUT2D eigenvalue weighted by atomic mass is 35.5. The molecule has 0 unspecified atom stereocenters. The van der Waals surface area contributed by atoms with Crippen molar-refractivity contribution < 1.29 is 9.53 Å². The summed E-state index contributed by atoms with van der Waals surface area (Å²) < 4.78 is 5.19. The largest absolute Gasteiger partial charge is 0.399 e. The van der Waals surface area contributed by atoms with Gasteiger partial charge in [-0.1, -0.05) is 11.6 Å². The zero-order chi connectivity index (χ0) is 14.7. The highest BCUT2D eigenvalue weighted by Crippen LogP contribution is 2.34. The summed E-state index contributed by atoms with van der Waals surface area (Å²) in [5.41, 5.74) is 12.7. The molecule has 1 fully saturated rings. The molecule has 5 nitrogen and oxygen atoms in total. The molecule has 4 N–H and O–H groups in total. The summed E-state index contributed by atoms with van der Waals surface area (Å²) in [6, 6.07) is 3.25. The first-order valence-electron chi connectivity index (χ1n) is 6.65. The summed E-state index contributed by atoms with van der Waals surface area (Å²) in [6.07, 6.45) is 2.01. The van der Waals surface area contributed by atoms with Gasteiger partial charge in [0, 0.05) is 32.5 Å². The van der Waals surface area contributed by atoms with Gasteiger partial charge in [0.2, 0.25) is 0 Å². The third-order valence-electron chi connectivity index (χ3n) is 3.68. The van der Waals surface area contributed by atoms with Gasteiger partial charge in [-0.3, -0.25) is 4.79 Å². The van der Waals surface area contributed by atoms with Crippen LogP contribution in [0.3, 0.4) is 0 Å². The Hall–Kier alpha value is -1.46. The summed E-state index contributed by atoms with van der Waals surface area (Å²) in [7, 11) is 1.72. The zero-order valence-electron chi connectivity index (χ0n) is 11.6. The van der Waals surface area contributed by atoms with E-state index in [0.29, 0.717) is 27.9 Å². The summed E-state index contributed by atoms with van der Waals surface area (Å²) in [5.74, 6) is 0.0500. The number of nitrogens with two attached hydrogens (primary N) is 2. The predicted octanol–water partition coefficient (Wildman–Crippen LogP) is 1.88. The number of methoxy groups -OCH3 is 1. The van der Waals surface area contributed by atoms with E-state index in [4.69, 9.17) is 27.8 Å². The second-order valence-corrected chi connectivity index (χ2v) is 5.56. The Morgan fingerprint density at radius 2 is 2.10 bits per heavy atom. The molecule has 1 saturated heterocycles. The molecular weight excluding hydrogens is 278 g/mol. The van der Waals surface area contributed by atoms with E-state index < -0.39 is 5.91 Å². The standard InChI is InChI=1S/C14H20ClN3O2/c1-20-8-9-2-4-18(5-3-9)13-11(14(17)19)6-10(16)7-12(13)15/h6-7,9H,2-5,8,16H2,1H3,(H2,17,19). The number of rotatable bonds is 4. The maximum atomic E-state index is 11.6. The monoisotopic (exact) mass is 297 g/mol. The average Bonchev–Trinajstić information content (AvgIpc) is 2.39. The third kappa shape index (κ3) is 3.16. The maximum Gasteiger partial charge on any atom is 0.250 e. The molecule has 1 aromatic rings. The van der Waals surface area contributed by atoms with Crippen LogP contribution in [0.4, 0.5) is 11.4 Å². The maximum absolute atomic E-state index is 11.6. The van der Waals surface area contributed by atoms with Crippen molar-refractivity contribution in [3.63, 3.8) is 0 Å². The van der Waals surface area contributed by atoms with Crippen LogP contribution in [0.1, 0.15) is 23.2 Å². The first kappa shape index (κ1) is 14.9. The lowest BCUT2D eigenvalue weighted by atomic mass is 9.96. The van der Waals surface area contributed by atoms with E-state index in [0.717, 1.165) is 32.5 Å². The molecule has 0 aromatic heterocycles. The molecule has 0 bridgehead atoms. The van der Waals surface area contributed by atoms with Gasteiger partial charge in [0.15, 0.2) is 0 Å². The fourth-order valence-electron chi connectivity index (χ4n) is 2.69. The van der Waals surface area contributed by atoms with Crippen LogP contribution in [0.25, 0.3) is 0 Å². The number of amides is 1. The van der Waals surface area contributed by atoms with E-state index in [1.807, 2.05) is 0 Å². The van der Waals surface area contributed by atoms with Gasteiger partial charge in [0.25, 0.3) is 5.91 Å². The van der Waals surface area contributed by atoms with Crippen LogP contribution in [-0.2, 0) is 4.74 Å². The van der Waals surface area contributed by atoms with Crippen LogP contribution in [0.15, 0.2) is 12.1 Å². The topological polar surface area (TPSA) is 81.6 Å². The van der Waals surface area contributed by atoms with Crippen LogP contribution in [0.2, 0.25) is 5.02 Å². The number of hydrogen-bond donors (Lipinski definition) is 2. The predicted molar refractivity (Wildman–Crippen MR) is 81.2 cm³/mol. The molecule has 1 heterocycles. The molecule has 0 saturated carbocycles. The Morgan fingerprint density at radius 3 is 2.65 bits per heavy atom. The van der Waals surface area contributed by atoms with Crippen molar-refractivity contribution in [2.24, 2.45) is 11.7 Å². The highest BCUT2D eigenvalue weighted by molar-refractivity contribution is 6.34. The van der Waals surface area contributed by atoms with Crippen molar-refractivity contribution in [2.45, 2.75) is 12.8 Å². The highest BCUT2D eigenvalue weighted by Gasteiger charge is 2.24. The van der Waals surface area contributed by atoms with Gasteiger partial charge in [-0.2, -0.15) is 0 Å². The number of primary amides is 1. The first-order chi connectivity index (χ1) is 9.52. The number of piperidine rings is 1. The van der Waals surface area contributed by atoms with Crippen molar-refractivity contribution in [1.29, 1.82) is 0 Å². The fourth-order valence-corrected chi connectivity index (χ4v) is 3.04. The van der Waals surface area contributed by atoms with E-state index in [9.17, 15) is 4.79 Å². The molecule has 110 valence electrons. The number of ether oxygens (including phenoxy) is 1. The molecule has 0 spiro atoms. The minimum Gasteiger partial charge on any atom is -0.399 e. The molecule has 1 aromatic carbocycles. The van der Waals surface area contributed by atoms with Gasteiger partial charge in [-0.05, 0) is 30.9 Å². The van der Waals surface area contributed by atoms with Crippen molar-refractivity contribution in [1.82, 2.24) is 0 Å². The SMILES string of the molecule is COCC1CCN(c2c(Cl)cc(N)cc2C(N)=O)CC1. The van der Waals surface area contributed by atoms with Crippen LogP contribution < -0.4 is 16.4 Å². The van der Waals surface area contributed by atoms with Crippen LogP contribution >= 0.6 is 11.6 Å². The number of anilines is 2. The number of benzene rings is 1. The Balaban J connectivity index is 2.23. The number of nitrogen functional groups attached to an aromatic ring is 1. The van der Waals surface area contributed by atoms with Crippen molar-refractivity contribution in [3.8, 4) is 0 Å². The van der Waals surface area contributed by atoms with E-state index in [1.165, 1.54) is 0 Å². The molecule has 6 heteroatoms. The Morgan fingerprint density at radius 1 is 1.45 bits per heavy atom. The Kier molecular flexibility index (Phi) is 4.73. The molecule has 0 aliphatic carbocycles. The lowest BCUT2D eigenvalue weighted by Gasteiger charge is -2.34. The number of halogens is 1. The molecule has 2 rings (SSSR count). The van der Waals surface area contributed by atoms with Crippen molar-refractivity contribution in [2.75, 3.05) is 37.4 Å². The second-order valence-electron chi connectivity index (χ2n) is 5.15. The van der Waals surface area contributed by atoms with Gasteiger partial charge in [-0.15, -0.1) is 0 Å². The third-order valence-corrected chi connectivity index (χ3v) is 3.97. The Labute approximate surface area is 123 Å². The molecule has 0 radical (unpaired) electrons. The summed E-state index contributed by atoms with van der Waals surface area (Å²) in [4.78, 5) is 13.7. The van der Waals surface area contributed by atoms with Gasteiger partial charge < -0.3 is 21.1 Å². The molecule has 1 aliphatic heterocycles. The summed E-state index contributed by atoms with van der Waals surface area (Å²) >= 11 is 6.26. The number of nitrogens with zero attached hydrogens (tertiary/aromatic N) is 1. The Bertz CT molecular complexity index is 499. The number of hydrogen-bond acceptors (Lipinski definition) is 4. The van der Waals surface area contributed by atoms with E-state index in [2.05, 4.69) is 4.90 Å². The smallest absolute Gasteiger partial charge is 0.250 e. The van der Waals surface area contributed by atoms with E-state index in [1.54, 1.807) is 19.2 Å². The van der Waals surface area contributed by atoms with E-state index in [-0.39, 0.29) is 0 Å². The molecular formula is C14H20ClN3O2. The van der Waals surface area contributed by atoms with Crippen LogP contribution in [0, 0.1) is 5.92 Å². The van der Waals surface area contributed by atoms with Gasteiger partial charge in [0.05, 0.1) is 16.3 Å². The quantitative estimate of drug-likeness (QED) is 0.832. The van der Waals surface area contributed by atoms with Crippen LogP contribution in [-0.4, -0.2) is 32.7 Å². The summed E-state index contributed by atoms with van der Waals surface area (Å²) in [5, 5.41) is 0.476. The normalized spacial score (nSPS) is 16.4. The average molecular weight is 298 g/mol. The van der Waals surface area contributed by atoms with E-state index >= 15 is 0 Å². The van der Waals surface area contributed by atoms with Gasteiger partial charge >= 0.3 is 0 Å².